The minimum Gasteiger partial charge on any atom is -0.341 e. The third kappa shape index (κ3) is 2.54. The fourth-order valence-corrected chi connectivity index (χ4v) is 2.14. The highest BCUT2D eigenvalue weighted by molar-refractivity contribution is 5.85. The largest absolute Gasteiger partial charge is 0.341 e. The standard InChI is InChI=1S/C12H16N2O.ClH/c1-9(15)14-7-11(12(13)8-14)10-5-3-2-4-6-10;/h2-6,11-12H,7-8,13H2,1H3;1H/t11-,12+;/m0./s1. The minimum atomic E-state index is 0. The Bertz CT molecular complexity index is 355. The number of likely N-dealkylation sites (tertiary alicyclic amines) is 1. The van der Waals surface area contributed by atoms with Gasteiger partial charge in [0.05, 0.1) is 0 Å². The number of hydrogen-bond donors (Lipinski definition) is 1. The molecule has 1 amide bonds. The minimum absolute atomic E-state index is 0. The predicted molar refractivity (Wildman–Crippen MR) is 66.7 cm³/mol. The van der Waals surface area contributed by atoms with Crippen molar-refractivity contribution in [3.05, 3.63) is 35.9 Å². The molecule has 2 rings (SSSR count). The lowest BCUT2D eigenvalue weighted by Crippen LogP contribution is -2.30. The third-order valence-corrected chi connectivity index (χ3v) is 3.04. The number of carbonyl (C=O) groups is 1. The molecule has 1 heterocycles. The van der Waals surface area contributed by atoms with E-state index in [1.54, 1.807) is 6.92 Å². The molecule has 0 bridgehead atoms. The summed E-state index contributed by atoms with van der Waals surface area (Å²) in [5.41, 5.74) is 7.28. The van der Waals surface area contributed by atoms with Crippen molar-refractivity contribution in [2.75, 3.05) is 13.1 Å². The molecule has 0 saturated carbocycles. The zero-order chi connectivity index (χ0) is 10.8. The van der Waals surface area contributed by atoms with Crippen molar-refractivity contribution in [1.82, 2.24) is 4.90 Å². The molecule has 16 heavy (non-hydrogen) atoms. The van der Waals surface area contributed by atoms with Crippen molar-refractivity contribution < 1.29 is 4.79 Å². The van der Waals surface area contributed by atoms with Crippen LogP contribution in [0.15, 0.2) is 30.3 Å². The summed E-state index contributed by atoms with van der Waals surface area (Å²) in [5, 5.41) is 0. The molecule has 0 unspecified atom stereocenters. The SMILES string of the molecule is CC(=O)N1C[C@@H](N)[C@H](c2ccccc2)C1.Cl. The number of carbonyl (C=O) groups excluding carboxylic acids is 1. The topological polar surface area (TPSA) is 46.3 Å². The van der Waals surface area contributed by atoms with Crippen LogP contribution in [0.2, 0.25) is 0 Å². The molecule has 0 spiro atoms. The van der Waals surface area contributed by atoms with Gasteiger partial charge in [0.2, 0.25) is 5.91 Å². The molecule has 1 aliphatic rings. The van der Waals surface area contributed by atoms with Gasteiger partial charge in [-0.05, 0) is 5.56 Å². The molecule has 4 heteroatoms. The van der Waals surface area contributed by atoms with Crippen LogP contribution in [0.3, 0.4) is 0 Å². The Morgan fingerprint density at radius 3 is 2.44 bits per heavy atom. The lowest BCUT2D eigenvalue weighted by atomic mass is 9.95. The summed E-state index contributed by atoms with van der Waals surface area (Å²) < 4.78 is 0. The molecule has 2 atom stereocenters. The van der Waals surface area contributed by atoms with E-state index < -0.39 is 0 Å². The monoisotopic (exact) mass is 240 g/mol. The summed E-state index contributed by atoms with van der Waals surface area (Å²) in [6, 6.07) is 10.2. The Balaban J connectivity index is 0.00000128. The fraction of sp³-hybridized carbons (Fsp3) is 0.417. The van der Waals surface area contributed by atoms with E-state index in [-0.39, 0.29) is 30.3 Å². The second-order valence-electron chi connectivity index (χ2n) is 4.11. The first-order valence-corrected chi connectivity index (χ1v) is 5.24. The number of nitrogens with zero attached hydrogens (tertiary/aromatic N) is 1. The summed E-state index contributed by atoms with van der Waals surface area (Å²) in [7, 11) is 0. The van der Waals surface area contributed by atoms with Crippen LogP contribution in [0.4, 0.5) is 0 Å². The molecule has 1 aromatic rings. The second-order valence-corrected chi connectivity index (χ2v) is 4.11. The van der Waals surface area contributed by atoms with Gasteiger partial charge in [0, 0.05) is 32.0 Å². The number of hydrogen-bond acceptors (Lipinski definition) is 2. The Kier molecular flexibility index (Phi) is 4.33. The van der Waals surface area contributed by atoms with Gasteiger partial charge in [-0.1, -0.05) is 30.3 Å². The average Bonchev–Trinajstić information content (AvgIpc) is 2.62. The van der Waals surface area contributed by atoms with Crippen LogP contribution in [0, 0.1) is 0 Å². The molecule has 1 aromatic carbocycles. The highest BCUT2D eigenvalue weighted by Gasteiger charge is 2.32. The van der Waals surface area contributed by atoms with Crippen LogP contribution in [0.25, 0.3) is 0 Å². The average molecular weight is 241 g/mol. The van der Waals surface area contributed by atoms with Gasteiger partial charge >= 0.3 is 0 Å². The first-order valence-electron chi connectivity index (χ1n) is 5.24. The first-order chi connectivity index (χ1) is 7.18. The third-order valence-electron chi connectivity index (χ3n) is 3.04. The van der Waals surface area contributed by atoms with E-state index in [1.165, 1.54) is 5.56 Å². The number of halogens is 1. The van der Waals surface area contributed by atoms with Crippen molar-refractivity contribution >= 4 is 18.3 Å². The van der Waals surface area contributed by atoms with Crippen molar-refractivity contribution in [2.24, 2.45) is 5.73 Å². The number of amides is 1. The normalized spacial score (nSPS) is 24.0. The lowest BCUT2D eigenvalue weighted by molar-refractivity contribution is -0.127. The van der Waals surface area contributed by atoms with E-state index >= 15 is 0 Å². The van der Waals surface area contributed by atoms with E-state index in [0.717, 1.165) is 6.54 Å². The molecule has 0 aliphatic carbocycles. The summed E-state index contributed by atoms with van der Waals surface area (Å²) in [6.45, 7) is 3.02. The molecular formula is C12H17ClN2O. The smallest absolute Gasteiger partial charge is 0.219 e. The maximum atomic E-state index is 11.2. The Morgan fingerprint density at radius 2 is 1.94 bits per heavy atom. The number of rotatable bonds is 1. The zero-order valence-corrected chi connectivity index (χ0v) is 10.1. The lowest BCUT2D eigenvalue weighted by Gasteiger charge is -2.14. The van der Waals surface area contributed by atoms with Crippen LogP contribution in [-0.4, -0.2) is 29.9 Å². The molecule has 0 aromatic heterocycles. The Morgan fingerprint density at radius 1 is 1.31 bits per heavy atom. The summed E-state index contributed by atoms with van der Waals surface area (Å²) in [6.07, 6.45) is 0. The molecule has 1 saturated heterocycles. The Labute approximate surface area is 102 Å². The molecule has 2 N–H and O–H groups in total. The van der Waals surface area contributed by atoms with Gasteiger partial charge in [0.25, 0.3) is 0 Å². The number of benzene rings is 1. The van der Waals surface area contributed by atoms with Crippen molar-refractivity contribution in [3.8, 4) is 0 Å². The highest BCUT2D eigenvalue weighted by atomic mass is 35.5. The van der Waals surface area contributed by atoms with E-state index in [2.05, 4.69) is 12.1 Å². The maximum absolute atomic E-state index is 11.2. The van der Waals surface area contributed by atoms with E-state index in [9.17, 15) is 4.79 Å². The predicted octanol–water partition coefficient (Wildman–Crippen LogP) is 1.38. The molecular weight excluding hydrogens is 224 g/mol. The van der Waals surface area contributed by atoms with Gasteiger partial charge in [0.15, 0.2) is 0 Å². The van der Waals surface area contributed by atoms with Crippen molar-refractivity contribution in [2.45, 2.75) is 18.9 Å². The zero-order valence-electron chi connectivity index (χ0n) is 9.30. The Hall–Kier alpha value is -1.06. The van der Waals surface area contributed by atoms with E-state index in [0.29, 0.717) is 6.54 Å². The van der Waals surface area contributed by atoms with Crippen LogP contribution in [0.5, 0.6) is 0 Å². The van der Waals surface area contributed by atoms with Crippen molar-refractivity contribution in [3.63, 3.8) is 0 Å². The van der Waals surface area contributed by atoms with Gasteiger partial charge in [-0.15, -0.1) is 12.4 Å². The maximum Gasteiger partial charge on any atom is 0.219 e. The summed E-state index contributed by atoms with van der Waals surface area (Å²) in [5.74, 6) is 0.402. The van der Waals surface area contributed by atoms with Gasteiger partial charge in [0.1, 0.15) is 0 Å². The van der Waals surface area contributed by atoms with Crippen molar-refractivity contribution in [1.29, 1.82) is 0 Å². The second kappa shape index (κ2) is 5.32. The molecule has 88 valence electrons. The molecule has 1 aliphatic heterocycles. The van der Waals surface area contributed by atoms with Crippen LogP contribution < -0.4 is 5.73 Å². The van der Waals surface area contributed by atoms with Gasteiger partial charge in [-0.3, -0.25) is 4.79 Å². The van der Waals surface area contributed by atoms with Crippen LogP contribution in [0.1, 0.15) is 18.4 Å². The van der Waals surface area contributed by atoms with Gasteiger partial charge in [-0.2, -0.15) is 0 Å². The first kappa shape index (κ1) is 13.0. The summed E-state index contributed by atoms with van der Waals surface area (Å²) >= 11 is 0. The molecule has 0 radical (unpaired) electrons. The molecule has 3 nitrogen and oxygen atoms in total. The summed E-state index contributed by atoms with van der Waals surface area (Å²) in [4.78, 5) is 13.1. The van der Waals surface area contributed by atoms with E-state index in [1.807, 2.05) is 23.1 Å². The van der Waals surface area contributed by atoms with Gasteiger partial charge in [-0.25, -0.2) is 0 Å². The molecule has 1 fully saturated rings. The van der Waals surface area contributed by atoms with E-state index in [4.69, 9.17) is 5.73 Å². The highest BCUT2D eigenvalue weighted by Crippen LogP contribution is 2.26. The fourth-order valence-electron chi connectivity index (χ4n) is 2.14. The number of nitrogens with two attached hydrogens (primary N) is 1. The van der Waals surface area contributed by atoms with Gasteiger partial charge < -0.3 is 10.6 Å². The quantitative estimate of drug-likeness (QED) is 0.806. The van der Waals surface area contributed by atoms with Crippen LogP contribution >= 0.6 is 12.4 Å². The van der Waals surface area contributed by atoms with Crippen LogP contribution in [-0.2, 0) is 4.79 Å².